The molecule has 1 heterocycles. The summed E-state index contributed by atoms with van der Waals surface area (Å²) in [5.41, 5.74) is 1.72. The van der Waals surface area contributed by atoms with Gasteiger partial charge >= 0.3 is 0 Å². The van der Waals surface area contributed by atoms with Gasteiger partial charge in [-0.1, -0.05) is 30.3 Å². The van der Waals surface area contributed by atoms with Crippen LogP contribution < -0.4 is 10.6 Å². The van der Waals surface area contributed by atoms with Crippen molar-refractivity contribution in [2.45, 2.75) is 37.5 Å². The van der Waals surface area contributed by atoms with Gasteiger partial charge in [-0.25, -0.2) is 0 Å². The van der Waals surface area contributed by atoms with Crippen LogP contribution in [-0.2, 0) is 10.2 Å². The van der Waals surface area contributed by atoms with Crippen LogP contribution in [-0.4, -0.2) is 50.5 Å². The minimum absolute atomic E-state index is 0.152. The first kappa shape index (κ1) is 17.8. The van der Waals surface area contributed by atoms with Crippen LogP contribution in [0.3, 0.4) is 0 Å². The Labute approximate surface area is 150 Å². The Morgan fingerprint density at radius 1 is 1.24 bits per heavy atom. The lowest BCUT2D eigenvalue weighted by molar-refractivity contribution is -0.121. The van der Waals surface area contributed by atoms with Gasteiger partial charge in [0, 0.05) is 45.6 Å². The molecule has 0 bridgehead atoms. The SMILES string of the molecule is CN=C(NCC1(c2ccccc2)CC1)N1CCC(CC(=O)NC)CC1. The lowest BCUT2D eigenvalue weighted by atomic mass is 9.93. The zero-order valence-corrected chi connectivity index (χ0v) is 15.4. The second kappa shape index (κ2) is 7.89. The van der Waals surface area contributed by atoms with Crippen LogP contribution in [0.2, 0.25) is 0 Å². The highest BCUT2D eigenvalue weighted by atomic mass is 16.1. The molecule has 2 fully saturated rings. The van der Waals surface area contributed by atoms with E-state index in [0.29, 0.717) is 12.3 Å². The zero-order valence-electron chi connectivity index (χ0n) is 15.4. The Hall–Kier alpha value is -2.04. The summed E-state index contributed by atoms with van der Waals surface area (Å²) in [5.74, 6) is 1.65. The summed E-state index contributed by atoms with van der Waals surface area (Å²) in [6, 6.07) is 10.8. The summed E-state index contributed by atoms with van der Waals surface area (Å²) >= 11 is 0. The van der Waals surface area contributed by atoms with Crippen molar-refractivity contribution in [3.63, 3.8) is 0 Å². The van der Waals surface area contributed by atoms with Gasteiger partial charge in [0.25, 0.3) is 0 Å². The summed E-state index contributed by atoms with van der Waals surface area (Å²) in [7, 11) is 3.57. The molecule has 25 heavy (non-hydrogen) atoms. The molecule has 5 heteroatoms. The van der Waals surface area contributed by atoms with Crippen LogP contribution in [0, 0.1) is 5.92 Å². The van der Waals surface area contributed by atoms with E-state index in [4.69, 9.17) is 0 Å². The molecule has 1 amide bonds. The van der Waals surface area contributed by atoms with Gasteiger partial charge in [0.15, 0.2) is 5.96 Å². The Morgan fingerprint density at radius 3 is 2.48 bits per heavy atom. The second-order valence-electron chi connectivity index (χ2n) is 7.35. The number of nitrogens with zero attached hydrogens (tertiary/aromatic N) is 2. The number of likely N-dealkylation sites (tertiary alicyclic amines) is 1. The minimum atomic E-state index is 0.152. The third kappa shape index (κ3) is 4.33. The quantitative estimate of drug-likeness (QED) is 0.637. The van der Waals surface area contributed by atoms with Crippen LogP contribution in [0.4, 0.5) is 0 Å². The van der Waals surface area contributed by atoms with Gasteiger partial charge in [0.2, 0.25) is 5.91 Å². The lowest BCUT2D eigenvalue weighted by Crippen LogP contribution is -2.47. The van der Waals surface area contributed by atoms with E-state index in [1.807, 2.05) is 7.05 Å². The second-order valence-corrected chi connectivity index (χ2v) is 7.35. The van der Waals surface area contributed by atoms with E-state index in [1.165, 1.54) is 18.4 Å². The van der Waals surface area contributed by atoms with Crippen molar-refractivity contribution in [2.24, 2.45) is 10.9 Å². The highest BCUT2D eigenvalue weighted by molar-refractivity contribution is 5.80. The molecule has 3 rings (SSSR count). The average molecular weight is 342 g/mol. The van der Waals surface area contributed by atoms with Gasteiger partial charge in [-0.15, -0.1) is 0 Å². The number of hydrogen-bond acceptors (Lipinski definition) is 2. The van der Waals surface area contributed by atoms with Gasteiger partial charge < -0.3 is 15.5 Å². The van der Waals surface area contributed by atoms with Crippen LogP contribution in [0.5, 0.6) is 0 Å². The van der Waals surface area contributed by atoms with Gasteiger partial charge in [-0.05, 0) is 37.2 Å². The van der Waals surface area contributed by atoms with Crippen molar-refractivity contribution in [1.29, 1.82) is 0 Å². The van der Waals surface area contributed by atoms with Crippen molar-refractivity contribution in [3.8, 4) is 0 Å². The van der Waals surface area contributed by atoms with E-state index in [1.54, 1.807) is 7.05 Å². The maximum absolute atomic E-state index is 11.5. The van der Waals surface area contributed by atoms with Crippen LogP contribution >= 0.6 is 0 Å². The number of carbonyl (C=O) groups excluding carboxylic acids is 1. The Bertz CT molecular complexity index is 601. The normalized spacial score (nSPS) is 20.2. The third-order valence-corrected chi connectivity index (χ3v) is 5.70. The molecule has 1 aromatic rings. The Balaban J connectivity index is 1.50. The van der Waals surface area contributed by atoms with Gasteiger partial charge in [-0.2, -0.15) is 0 Å². The van der Waals surface area contributed by atoms with E-state index in [-0.39, 0.29) is 11.3 Å². The highest BCUT2D eigenvalue weighted by Crippen LogP contribution is 2.47. The fraction of sp³-hybridized carbons (Fsp3) is 0.600. The molecule has 0 atom stereocenters. The van der Waals surface area contributed by atoms with Crippen LogP contribution in [0.1, 0.15) is 37.7 Å². The summed E-state index contributed by atoms with van der Waals surface area (Å²) in [6.07, 6.45) is 5.24. The number of hydrogen-bond donors (Lipinski definition) is 2. The average Bonchev–Trinajstić information content (AvgIpc) is 3.45. The topological polar surface area (TPSA) is 56.7 Å². The molecule has 0 radical (unpaired) electrons. The monoisotopic (exact) mass is 342 g/mol. The van der Waals surface area contributed by atoms with Crippen LogP contribution in [0.25, 0.3) is 0 Å². The highest BCUT2D eigenvalue weighted by Gasteiger charge is 2.44. The number of piperidine rings is 1. The molecule has 5 nitrogen and oxygen atoms in total. The van der Waals surface area contributed by atoms with Crippen molar-refractivity contribution >= 4 is 11.9 Å². The standard InChI is InChI=1S/C20H30N4O/c1-21-18(25)14-16-8-12-24(13-9-16)19(22-2)23-15-20(10-11-20)17-6-4-3-5-7-17/h3-7,16H,8-15H2,1-2H3,(H,21,25)(H,22,23). The summed E-state index contributed by atoms with van der Waals surface area (Å²) < 4.78 is 0. The number of amides is 1. The largest absolute Gasteiger partial charge is 0.359 e. The predicted molar refractivity (Wildman–Crippen MR) is 102 cm³/mol. The lowest BCUT2D eigenvalue weighted by Gasteiger charge is -2.34. The maximum Gasteiger partial charge on any atom is 0.220 e. The fourth-order valence-corrected chi connectivity index (χ4v) is 3.80. The Kier molecular flexibility index (Phi) is 5.61. The molecule has 0 unspecified atom stereocenters. The van der Waals surface area contributed by atoms with Gasteiger partial charge in [0.05, 0.1) is 0 Å². The summed E-state index contributed by atoms with van der Waals surface area (Å²) in [6.45, 7) is 2.89. The number of carbonyl (C=O) groups is 1. The minimum Gasteiger partial charge on any atom is -0.359 e. The molecule has 1 saturated carbocycles. The molecule has 2 aliphatic rings. The Morgan fingerprint density at radius 2 is 1.92 bits per heavy atom. The zero-order chi connectivity index (χ0) is 17.7. The molecular formula is C20H30N4O. The van der Waals surface area contributed by atoms with E-state index >= 15 is 0 Å². The van der Waals surface area contributed by atoms with E-state index in [2.05, 4.69) is 50.9 Å². The summed E-state index contributed by atoms with van der Waals surface area (Å²) in [5, 5.41) is 6.33. The molecule has 136 valence electrons. The molecule has 0 aromatic heterocycles. The van der Waals surface area contributed by atoms with Crippen LogP contribution in [0.15, 0.2) is 35.3 Å². The van der Waals surface area contributed by atoms with Crippen molar-refractivity contribution in [1.82, 2.24) is 15.5 Å². The number of aliphatic imine (C=N–C) groups is 1. The third-order valence-electron chi connectivity index (χ3n) is 5.70. The van der Waals surface area contributed by atoms with Crippen molar-refractivity contribution < 1.29 is 4.79 Å². The molecule has 1 aliphatic carbocycles. The van der Waals surface area contributed by atoms with E-state index < -0.39 is 0 Å². The molecule has 1 saturated heterocycles. The fourth-order valence-electron chi connectivity index (χ4n) is 3.80. The number of nitrogens with one attached hydrogen (secondary N) is 2. The van der Waals surface area contributed by atoms with Gasteiger partial charge in [-0.3, -0.25) is 9.79 Å². The van der Waals surface area contributed by atoms with E-state index in [0.717, 1.165) is 38.4 Å². The van der Waals surface area contributed by atoms with Crippen molar-refractivity contribution in [3.05, 3.63) is 35.9 Å². The maximum atomic E-state index is 11.5. The number of benzene rings is 1. The first-order valence-corrected chi connectivity index (χ1v) is 9.38. The predicted octanol–water partition coefficient (Wildman–Crippen LogP) is 2.14. The molecule has 1 aromatic carbocycles. The number of guanidine groups is 1. The smallest absolute Gasteiger partial charge is 0.220 e. The molecular weight excluding hydrogens is 312 g/mol. The molecule has 2 N–H and O–H groups in total. The first-order chi connectivity index (χ1) is 12.2. The van der Waals surface area contributed by atoms with E-state index in [9.17, 15) is 4.79 Å². The van der Waals surface area contributed by atoms with Crippen molar-refractivity contribution in [2.75, 3.05) is 33.7 Å². The number of rotatable bonds is 5. The van der Waals surface area contributed by atoms with Gasteiger partial charge in [0.1, 0.15) is 0 Å². The molecule has 1 aliphatic heterocycles. The molecule has 0 spiro atoms. The summed E-state index contributed by atoms with van der Waals surface area (Å²) in [4.78, 5) is 18.4. The first-order valence-electron chi connectivity index (χ1n) is 9.38.